The molecular formula is C19H25FN2O2. The van der Waals surface area contributed by atoms with Gasteiger partial charge in [-0.15, -0.1) is 0 Å². The van der Waals surface area contributed by atoms with Crippen molar-refractivity contribution in [3.63, 3.8) is 0 Å². The van der Waals surface area contributed by atoms with Crippen LogP contribution in [0.4, 0.5) is 9.18 Å². The van der Waals surface area contributed by atoms with Crippen LogP contribution in [0.25, 0.3) is 0 Å². The van der Waals surface area contributed by atoms with E-state index in [4.69, 9.17) is 0 Å². The minimum absolute atomic E-state index is 0.0394. The summed E-state index contributed by atoms with van der Waals surface area (Å²) in [4.78, 5) is 14.5. The van der Waals surface area contributed by atoms with Crippen molar-refractivity contribution < 1.29 is 14.3 Å². The lowest BCUT2D eigenvalue weighted by Crippen LogP contribution is -2.48. The van der Waals surface area contributed by atoms with Crippen molar-refractivity contribution in [3.05, 3.63) is 35.6 Å². The topological polar surface area (TPSA) is 52.6 Å². The van der Waals surface area contributed by atoms with Crippen LogP contribution in [0, 0.1) is 17.7 Å². The van der Waals surface area contributed by atoms with Crippen LogP contribution in [0.1, 0.15) is 50.2 Å². The Bertz CT molecular complexity index is 582. The fourth-order valence-corrected chi connectivity index (χ4v) is 3.52. The van der Waals surface area contributed by atoms with Crippen LogP contribution in [-0.2, 0) is 0 Å². The Hall–Kier alpha value is -1.62. The van der Waals surface area contributed by atoms with Gasteiger partial charge in [0.1, 0.15) is 5.82 Å². The predicted molar refractivity (Wildman–Crippen MR) is 88.9 cm³/mol. The Morgan fingerprint density at radius 2 is 1.71 bits per heavy atom. The van der Waals surface area contributed by atoms with Gasteiger partial charge in [0.25, 0.3) is 0 Å². The van der Waals surface area contributed by atoms with E-state index in [1.54, 1.807) is 17.0 Å². The van der Waals surface area contributed by atoms with Crippen LogP contribution < -0.4 is 5.32 Å². The van der Waals surface area contributed by atoms with Gasteiger partial charge in [-0.2, -0.15) is 0 Å². The van der Waals surface area contributed by atoms with Crippen molar-refractivity contribution in [1.29, 1.82) is 0 Å². The monoisotopic (exact) mass is 332 g/mol. The molecule has 3 aliphatic carbocycles. The lowest BCUT2D eigenvalue weighted by molar-refractivity contribution is 0.115. The van der Waals surface area contributed by atoms with Crippen LogP contribution in [0.2, 0.25) is 0 Å². The van der Waals surface area contributed by atoms with Gasteiger partial charge >= 0.3 is 6.03 Å². The highest BCUT2D eigenvalue weighted by Gasteiger charge is 2.44. The van der Waals surface area contributed by atoms with Crippen LogP contribution in [0.15, 0.2) is 24.3 Å². The van der Waals surface area contributed by atoms with Crippen LogP contribution in [0.3, 0.4) is 0 Å². The first-order valence-electron chi connectivity index (χ1n) is 9.12. The molecule has 24 heavy (non-hydrogen) atoms. The first-order chi connectivity index (χ1) is 11.6. The lowest BCUT2D eigenvalue weighted by atomic mass is 10.1. The second-order valence-corrected chi connectivity index (χ2v) is 7.60. The number of rotatable bonds is 7. The quantitative estimate of drug-likeness (QED) is 0.805. The minimum Gasteiger partial charge on any atom is -0.387 e. The summed E-state index contributed by atoms with van der Waals surface area (Å²) in [5.41, 5.74) is 0.649. The van der Waals surface area contributed by atoms with E-state index in [0.717, 1.165) is 12.8 Å². The average Bonchev–Trinajstić information content (AvgIpc) is 3.41. The number of carbonyl (C=O) groups is 1. The standard InChI is InChI=1S/C19H25FN2O2/c20-15-7-5-12(6-8-15)17(23)11-22(16-9-10-16)19(24)21-18(13-1-2-13)14-3-4-14/h5-8,13-14,16-18,23H,1-4,9-11H2,(H,21,24). The number of nitrogens with zero attached hydrogens (tertiary/aromatic N) is 1. The third kappa shape index (κ3) is 3.72. The second kappa shape index (κ2) is 6.36. The van der Waals surface area contributed by atoms with Crippen LogP contribution >= 0.6 is 0 Å². The third-order valence-electron chi connectivity index (χ3n) is 5.42. The summed E-state index contributed by atoms with van der Waals surface area (Å²) in [6.45, 7) is 0.268. The van der Waals surface area contributed by atoms with E-state index in [9.17, 15) is 14.3 Å². The lowest BCUT2D eigenvalue weighted by Gasteiger charge is -2.28. The van der Waals surface area contributed by atoms with Crippen molar-refractivity contribution in [3.8, 4) is 0 Å². The average molecular weight is 332 g/mol. The molecule has 4 rings (SSSR count). The zero-order valence-corrected chi connectivity index (χ0v) is 13.8. The molecule has 1 atom stereocenters. The second-order valence-electron chi connectivity index (χ2n) is 7.60. The number of hydrogen-bond donors (Lipinski definition) is 2. The summed E-state index contributed by atoms with van der Waals surface area (Å²) < 4.78 is 13.0. The van der Waals surface area contributed by atoms with Crippen molar-refractivity contribution >= 4 is 6.03 Å². The molecule has 3 saturated carbocycles. The Morgan fingerprint density at radius 1 is 1.12 bits per heavy atom. The summed E-state index contributed by atoms with van der Waals surface area (Å²) in [6, 6.07) is 6.37. The molecule has 0 aromatic heterocycles. The number of urea groups is 1. The molecule has 1 aromatic carbocycles. The maximum atomic E-state index is 13.0. The number of aliphatic hydroxyl groups is 1. The highest BCUT2D eigenvalue weighted by molar-refractivity contribution is 5.75. The molecule has 0 radical (unpaired) electrons. The number of benzene rings is 1. The molecule has 0 saturated heterocycles. The summed E-state index contributed by atoms with van der Waals surface area (Å²) in [5.74, 6) is 0.994. The van der Waals surface area contributed by atoms with Gasteiger partial charge < -0.3 is 15.3 Å². The highest BCUT2D eigenvalue weighted by Crippen LogP contribution is 2.44. The van der Waals surface area contributed by atoms with Gasteiger partial charge in [0.2, 0.25) is 0 Å². The number of hydrogen-bond acceptors (Lipinski definition) is 2. The number of carbonyl (C=O) groups excluding carboxylic acids is 1. The third-order valence-corrected chi connectivity index (χ3v) is 5.42. The molecule has 0 spiro atoms. The molecule has 1 unspecified atom stereocenters. The van der Waals surface area contributed by atoms with E-state index in [-0.39, 0.29) is 24.4 Å². The zero-order valence-electron chi connectivity index (χ0n) is 13.8. The molecule has 2 amide bonds. The largest absolute Gasteiger partial charge is 0.387 e. The van der Waals surface area contributed by atoms with Gasteiger partial charge in [0, 0.05) is 12.1 Å². The molecule has 5 heteroatoms. The molecule has 3 fully saturated rings. The molecular weight excluding hydrogens is 307 g/mol. The van der Waals surface area contributed by atoms with Crippen molar-refractivity contribution in [2.75, 3.05) is 6.54 Å². The van der Waals surface area contributed by atoms with E-state index >= 15 is 0 Å². The number of halogens is 1. The molecule has 0 heterocycles. The first kappa shape index (κ1) is 15.9. The maximum absolute atomic E-state index is 13.0. The molecule has 0 bridgehead atoms. The smallest absolute Gasteiger partial charge is 0.317 e. The number of aliphatic hydroxyl groups excluding tert-OH is 1. The minimum atomic E-state index is -0.780. The van der Waals surface area contributed by atoms with Gasteiger partial charge in [0.05, 0.1) is 12.6 Å². The van der Waals surface area contributed by atoms with Crippen LogP contribution in [-0.4, -0.2) is 34.7 Å². The van der Waals surface area contributed by atoms with Crippen molar-refractivity contribution in [2.24, 2.45) is 11.8 Å². The van der Waals surface area contributed by atoms with Crippen molar-refractivity contribution in [2.45, 2.75) is 56.7 Å². The SMILES string of the molecule is O=C(NC(C1CC1)C1CC1)N(CC(O)c1ccc(F)cc1)C1CC1. The van der Waals surface area contributed by atoms with E-state index in [1.807, 2.05) is 0 Å². The van der Waals surface area contributed by atoms with E-state index in [2.05, 4.69) is 5.32 Å². The van der Waals surface area contributed by atoms with Gasteiger partial charge in [-0.1, -0.05) is 12.1 Å². The maximum Gasteiger partial charge on any atom is 0.317 e. The normalized spacial score (nSPS) is 21.6. The van der Waals surface area contributed by atoms with Crippen molar-refractivity contribution in [1.82, 2.24) is 10.2 Å². The number of nitrogens with one attached hydrogen (secondary N) is 1. The Kier molecular flexibility index (Phi) is 4.21. The predicted octanol–water partition coefficient (Wildman–Crippen LogP) is 3.22. The van der Waals surface area contributed by atoms with E-state index in [0.29, 0.717) is 23.4 Å². The number of amides is 2. The Balaban J connectivity index is 1.39. The van der Waals surface area contributed by atoms with E-state index in [1.165, 1.54) is 37.8 Å². The van der Waals surface area contributed by atoms with Gasteiger partial charge in [0.15, 0.2) is 0 Å². The highest BCUT2D eigenvalue weighted by atomic mass is 19.1. The summed E-state index contributed by atoms with van der Waals surface area (Å²) >= 11 is 0. The zero-order chi connectivity index (χ0) is 16.7. The first-order valence-corrected chi connectivity index (χ1v) is 9.12. The molecule has 1 aromatic rings. The summed E-state index contributed by atoms with van der Waals surface area (Å²) in [5, 5.41) is 13.7. The summed E-state index contributed by atoms with van der Waals surface area (Å²) in [7, 11) is 0. The molecule has 130 valence electrons. The van der Waals surface area contributed by atoms with Gasteiger partial charge in [-0.3, -0.25) is 0 Å². The molecule has 2 N–H and O–H groups in total. The fraction of sp³-hybridized carbons (Fsp3) is 0.632. The van der Waals surface area contributed by atoms with E-state index < -0.39 is 6.10 Å². The Labute approximate surface area is 142 Å². The summed E-state index contributed by atoms with van der Waals surface area (Å²) in [6.07, 6.45) is 6.12. The van der Waals surface area contributed by atoms with Crippen LogP contribution in [0.5, 0.6) is 0 Å². The molecule has 4 nitrogen and oxygen atoms in total. The fourth-order valence-electron chi connectivity index (χ4n) is 3.52. The molecule has 0 aliphatic heterocycles. The van der Waals surface area contributed by atoms with Gasteiger partial charge in [-0.05, 0) is 68.1 Å². The molecule has 3 aliphatic rings. The Morgan fingerprint density at radius 3 is 2.21 bits per heavy atom. The van der Waals surface area contributed by atoms with Gasteiger partial charge in [-0.25, -0.2) is 9.18 Å².